The van der Waals surface area contributed by atoms with E-state index in [9.17, 15) is 9.90 Å². The van der Waals surface area contributed by atoms with Crippen LogP contribution in [0.25, 0.3) is 33.7 Å². The number of imidazole rings is 1. The number of phenolic OH excluding ortho intramolecular Hbond substituents is 1. The smallest absolute Gasteiger partial charge is 0.225 e. The molecule has 6 rings (SSSR count). The Morgan fingerprint density at radius 2 is 1.79 bits per heavy atom. The lowest BCUT2D eigenvalue weighted by Gasteiger charge is -2.17. The molecule has 4 aromatic rings. The molecule has 166 valence electrons. The molecule has 0 radical (unpaired) electrons. The van der Waals surface area contributed by atoms with Crippen molar-refractivity contribution in [3.63, 3.8) is 0 Å². The van der Waals surface area contributed by atoms with E-state index >= 15 is 0 Å². The molecule has 3 heterocycles. The monoisotopic (exact) mass is 438 g/mol. The summed E-state index contributed by atoms with van der Waals surface area (Å²) in [5.74, 6) is 2.20. The van der Waals surface area contributed by atoms with Crippen molar-refractivity contribution in [3.8, 4) is 28.3 Å². The average molecular weight is 439 g/mol. The number of amides is 1. The first kappa shape index (κ1) is 20.0. The first-order valence-corrected chi connectivity index (χ1v) is 11.7. The minimum atomic E-state index is 0.259. The van der Waals surface area contributed by atoms with Gasteiger partial charge in [0, 0.05) is 37.3 Å². The van der Waals surface area contributed by atoms with Crippen LogP contribution in [0.2, 0.25) is 0 Å². The van der Waals surface area contributed by atoms with E-state index in [0.717, 1.165) is 72.6 Å². The van der Waals surface area contributed by atoms with Crippen LogP contribution in [-0.2, 0) is 11.3 Å². The highest BCUT2D eigenvalue weighted by atomic mass is 16.3. The van der Waals surface area contributed by atoms with Gasteiger partial charge in [-0.3, -0.25) is 4.79 Å². The molecule has 1 saturated carbocycles. The topological polar surface area (TPSA) is 71.2 Å². The fourth-order valence-electron chi connectivity index (χ4n) is 4.89. The van der Waals surface area contributed by atoms with Gasteiger partial charge in [0.15, 0.2) is 5.65 Å². The highest BCUT2D eigenvalue weighted by molar-refractivity contribution is 5.81. The molecule has 1 saturated heterocycles. The van der Waals surface area contributed by atoms with Crippen LogP contribution < -0.4 is 0 Å². The van der Waals surface area contributed by atoms with Gasteiger partial charge < -0.3 is 14.6 Å². The van der Waals surface area contributed by atoms with E-state index < -0.39 is 0 Å². The largest absolute Gasteiger partial charge is 0.508 e. The van der Waals surface area contributed by atoms with Gasteiger partial charge in [0.2, 0.25) is 5.91 Å². The Morgan fingerprint density at radius 3 is 2.58 bits per heavy atom. The SMILES string of the molecule is O=C(C1CC1)N1CC[C@@H](Cn2c(-c3ccc(-c4cccc(O)c4)cc3)nc3ncccc32)C1. The predicted octanol–water partition coefficient (Wildman–Crippen LogP) is 4.73. The summed E-state index contributed by atoms with van der Waals surface area (Å²) in [5.41, 5.74) is 4.81. The van der Waals surface area contributed by atoms with Crippen LogP contribution in [0.4, 0.5) is 0 Å². The van der Waals surface area contributed by atoms with E-state index in [1.165, 1.54) is 0 Å². The number of rotatable bonds is 5. The highest BCUT2D eigenvalue weighted by Crippen LogP contribution is 2.34. The third-order valence-corrected chi connectivity index (χ3v) is 6.81. The molecule has 1 aliphatic heterocycles. The number of likely N-dealkylation sites (tertiary alicyclic amines) is 1. The Balaban J connectivity index is 1.30. The minimum absolute atomic E-state index is 0.259. The number of fused-ring (bicyclic) bond motifs is 1. The fourth-order valence-corrected chi connectivity index (χ4v) is 4.89. The lowest BCUT2D eigenvalue weighted by atomic mass is 10.0. The molecule has 6 heteroatoms. The molecule has 1 N–H and O–H groups in total. The third kappa shape index (κ3) is 3.86. The number of hydrogen-bond donors (Lipinski definition) is 1. The number of hydrogen-bond acceptors (Lipinski definition) is 4. The number of benzene rings is 2. The Labute approximate surface area is 192 Å². The number of aromatic nitrogens is 3. The summed E-state index contributed by atoms with van der Waals surface area (Å²) in [5, 5.41) is 9.80. The molecule has 0 bridgehead atoms. The van der Waals surface area contributed by atoms with Crippen LogP contribution in [0, 0.1) is 11.8 Å². The second-order valence-electron chi connectivity index (χ2n) is 9.23. The van der Waals surface area contributed by atoms with E-state index in [1.54, 1.807) is 18.3 Å². The third-order valence-electron chi connectivity index (χ3n) is 6.81. The molecular weight excluding hydrogens is 412 g/mol. The molecule has 1 amide bonds. The second kappa shape index (κ2) is 8.03. The van der Waals surface area contributed by atoms with Crippen LogP contribution in [0.5, 0.6) is 5.75 Å². The predicted molar refractivity (Wildman–Crippen MR) is 127 cm³/mol. The summed E-state index contributed by atoms with van der Waals surface area (Å²) in [7, 11) is 0. The lowest BCUT2D eigenvalue weighted by molar-refractivity contribution is -0.131. The lowest BCUT2D eigenvalue weighted by Crippen LogP contribution is -2.30. The molecule has 2 aliphatic rings. The van der Waals surface area contributed by atoms with Crippen LogP contribution >= 0.6 is 0 Å². The van der Waals surface area contributed by atoms with E-state index in [1.807, 2.05) is 18.2 Å². The van der Waals surface area contributed by atoms with Crippen LogP contribution in [0.1, 0.15) is 19.3 Å². The Bertz CT molecular complexity index is 1320. The number of carbonyl (C=O) groups is 1. The van der Waals surface area contributed by atoms with E-state index in [2.05, 4.69) is 44.8 Å². The molecule has 1 aliphatic carbocycles. The van der Waals surface area contributed by atoms with Gasteiger partial charge in [-0.05, 0) is 60.6 Å². The molecule has 2 aromatic carbocycles. The number of aromatic hydroxyl groups is 1. The maximum atomic E-state index is 12.5. The van der Waals surface area contributed by atoms with Gasteiger partial charge in [-0.25, -0.2) is 9.97 Å². The normalized spacial score (nSPS) is 18.2. The molecule has 2 aromatic heterocycles. The Hall–Kier alpha value is -3.67. The Kier molecular flexibility index (Phi) is 4.86. The van der Waals surface area contributed by atoms with Crippen molar-refractivity contribution in [3.05, 3.63) is 66.9 Å². The molecular formula is C27H26N4O2. The van der Waals surface area contributed by atoms with Crippen molar-refractivity contribution in [1.82, 2.24) is 19.4 Å². The van der Waals surface area contributed by atoms with Gasteiger partial charge in [0.05, 0.1) is 5.52 Å². The number of carbonyl (C=O) groups excluding carboxylic acids is 1. The van der Waals surface area contributed by atoms with Crippen molar-refractivity contribution in [2.75, 3.05) is 13.1 Å². The molecule has 1 atom stereocenters. The molecule has 33 heavy (non-hydrogen) atoms. The van der Waals surface area contributed by atoms with Crippen molar-refractivity contribution in [1.29, 1.82) is 0 Å². The van der Waals surface area contributed by atoms with Gasteiger partial charge in [0.1, 0.15) is 11.6 Å². The van der Waals surface area contributed by atoms with Gasteiger partial charge in [-0.15, -0.1) is 0 Å². The van der Waals surface area contributed by atoms with Crippen molar-refractivity contribution in [2.45, 2.75) is 25.8 Å². The highest BCUT2D eigenvalue weighted by Gasteiger charge is 2.36. The maximum absolute atomic E-state index is 12.5. The van der Waals surface area contributed by atoms with Crippen molar-refractivity contribution in [2.24, 2.45) is 11.8 Å². The first-order valence-electron chi connectivity index (χ1n) is 11.7. The first-order chi connectivity index (χ1) is 16.2. The standard InChI is InChI=1S/C27H26N4O2/c32-23-4-1-3-22(15-23)19-6-8-20(9-7-19)26-29-25-24(5-2-13-28-25)31(26)17-18-12-14-30(16-18)27(33)21-10-11-21/h1-9,13,15,18,21,32H,10-12,14,16-17H2/t18-/m1/s1. The van der Waals surface area contributed by atoms with Crippen molar-refractivity contribution < 1.29 is 9.90 Å². The molecule has 0 spiro atoms. The quantitative estimate of drug-likeness (QED) is 0.489. The number of nitrogens with zero attached hydrogens (tertiary/aromatic N) is 4. The molecule has 6 nitrogen and oxygen atoms in total. The van der Waals surface area contributed by atoms with E-state index in [0.29, 0.717) is 11.8 Å². The summed E-state index contributed by atoms with van der Waals surface area (Å²) in [6.45, 7) is 2.50. The summed E-state index contributed by atoms with van der Waals surface area (Å²) < 4.78 is 2.27. The number of phenols is 1. The summed E-state index contributed by atoms with van der Waals surface area (Å²) in [4.78, 5) is 23.9. The fraction of sp³-hybridized carbons (Fsp3) is 0.296. The average Bonchev–Trinajstić information content (AvgIpc) is 3.49. The maximum Gasteiger partial charge on any atom is 0.225 e. The van der Waals surface area contributed by atoms with E-state index in [4.69, 9.17) is 4.98 Å². The summed E-state index contributed by atoms with van der Waals surface area (Å²) >= 11 is 0. The zero-order valence-corrected chi connectivity index (χ0v) is 18.4. The summed E-state index contributed by atoms with van der Waals surface area (Å²) in [6.07, 6.45) is 4.91. The number of pyridine rings is 1. The van der Waals surface area contributed by atoms with Gasteiger partial charge in [0.25, 0.3) is 0 Å². The zero-order chi connectivity index (χ0) is 22.4. The van der Waals surface area contributed by atoms with Crippen LogP contribution in [0.15, 0.2) is 66.9 Å². The minimum Gasteiger partial charge on any atom is -0.508 e. The van der Waals surface area contributed by atoms with Crippen molar-refractivity contribution >= 4 is 17.1 Å². The van der Waals surface area contributed by atoms with Crippen LogP contribution in [-0.4, -0.2) is 43.5 Å². The molecule has 2 fully saturated rings. The molecule has 0 unspecified atom stereocenters. The summed E-state index contributed by atoms with van der Waals surface area (Å²) in [6, 6.07) is 19.6. The Morgan fingerprint density at radius 1 is 0.970 bits per heavy atom. The van der Waals surface area contributed by atoms with Crippen LogP contribution in [0.3, 0.4) is 0 Å². The second-order valence-corrected chi connectivity index (χ2v) is 9.23. The zero-order valence-electron chi connectivity index (χ0n) is 18.4. The van der Waals surface area contributed by atoms with Gasteiger partial charge in [-0.2, -0.15) is 0 Å². The van der Waals surface area contributed by atoms with Gasteiger partial charge >= 0.3 is 0 Å². The van der Waals surface area contributed by atoms with Gasteiger partial charge in [-0.1, -0.05) is 36.4 Å². The van der Waals surface area contributed by atoms with E-state index in [-0.39, 0.29) is 11.7 Å².